The maximum Gasteiger partial charge on any atom is 0.231 e. The first-order chi connectivity index (χ1) is 11.6. The van der Waals surface area contributed by atoms with Crippen molar-refractivity contribution < 1.29 is 13.7 Å². The monoisotopic (exact) mass is 349 g/mol. The molecule has 24 heavy (non-hydrogen) atoms. The van der Waals surface area contributed by atoms with E-state index in [9.17, 15) is 9.18 Å². The molecule has 0 spiro atoms. The van der Waals surface area contributed by atoms with Gasteiger partial charge in [-0.3, -0.25) is 4.79 Å². The van der Waals surface area contributed by atoms with Crippen LogP contribution in [0, 0.1) is 11.7 Å². The molecule has 5 nitrogen and oxygen atoms in total. The Kier molecular flexibility index (Phi) is 4.00. The van der Waals surface area contributed by atoms with Gasteiger partial charge in [0.15, 0.2) is 5.82 Å². The van der Waals surface area contributed by atoms with Crippen LogP contribution in [0.15, 0.2) is 22.7 Å². The molecule has 7 heteroatoms. The lowest BCUT2D eigenvalue weighted by atomic mass is 9.97. The fourth-order valence-electron chi connectivity index (χ4n) is 3.15. The third-order valence-electron chi connectivity index (χ3n) is 4.64. The predicted molar refractivity (Wildman–Crippen MR) is 86.0 cm³/mol. The summed E-state index contributed by atoms with van der Waals surface area (Å²) in [7, 11) is 0. The summed E-state index contributed by atoms with van der Waals surface area (Å²) in [5.41, 5.74) is 0.222. The van der Waals surface area contributed by atoms with E-state index in [1.807, 2.05) is 4.90 Å². The van der Waals surface area contributed by atoms with E-state index in [-0.39, 0.29) is 34.2 Å². The molecule has 2 aliphatic rings. The van der Waals surface area contributed by atoms with Crippen molar-refractivity contribution >= 4 is 17.5 Å². The van der Waals surface area contributed by atoms with E-state index in [4.69, 9.17) is 16.1 Å². The molecule has 1 atom stereocenters. The largest absolute Gasteiger partial charge is 0.342 e. The Balaban J connectivity index is 1.53. The van der Waals surface area contributed by atoms with Crippen molar-refractivity contribution in [1.29, 1.82) is 0 Å². The smallest absolute Gasteiger partial charge is 0.231 e. The van der Waals surface area contributed by atoms with E-state index in [2.05, 4.69) is 10.1 Å². The molecule has 0 unspecified atom stereocenters. The van der Waals surface area contributed by atoms with Crippen molar-refractivity contribution in [1.82, 2.24) is 15.0 Å². The van der Waals surface area contributed by atoms with Crippen molar-refractivity contribution in [3.8, 4) is 11.4 Å². The van der Waals surface area contributed by atoms with Crippen molar-refractivity contribution in [2.24, 2.45) is 5.92 Å². The van der Waals surface area contributed by atoms with E-state index in [1.165, 1.54) is 6.07 Å². The molecular formula is C17H17ClFN3O2. The molecule has 1 saturated carbocycles. The van der Waals surface area contributed by atoms with Gasteiger partial charge in [-0.15, -0.1) is 0 Å². The Hall–Kier alpha value is -1.95. The van der Waals surface area contributed by atoms with Crippen molar-refractivity contribution in [3.05, 3.63) is 34.9 Å². The maximum absolute atomic E-state index is 14.1. The molecule has 2 aromatic rings. The number of likely N-dealkylation sites (tertiary alicyclic amines) is 1. The number of hydrogen-bond donors (Lipinski definition) is 0. The van der Waals surface area contributed by atoms with Gasteiger partial charge in [-0.1, -0.05) is 22.8 Å². The number of hydrogen-bond acceptors (Lipinski definition) is 4. The van der Waals surface area contributed by atoms with Gasteiger partial charge in [0.05, 0.1) is 16.5 Å². The molecule has 0 N–H and O–H groups in total. The van der Waals surface area contributed by atoms with E-state index in [1.54, 1.807) is 12.1 Å². The Morgan fingerprint density at radius 1 is 1.33 bits per heavy atom. The summed E-state index contributed by atoms with van der Waals surface area (Å²) in [4.78, 5) is 18.5. The zero-order valence-corrected chi connectivity index (χ0v) is 13.8. The highest BCUT2D eigenvalue weighted by Gasteiger charge is 2.36. The summed E-state index contributed by atoms with van der Waals surface area (Å²) in [6.07, 6.45) is 3.79. The third kappa shape index (κ3) is 2.90. The van der Waals surface area contributed by atoms with Gasteiger partial charge in [0.25, 0.3) is 0 Å². The van der Waals surface area contributed by atoms with Crippen LogP contribution < -0.4 is 0 Å². The van der Waals surface area contributed by atoms with Crippen LogP contribution in [-0.4, -0.2) is 34.0 Å². The zero-order valence-electron chi connectivity index (χ0n) is 13.0. The summed E-state index contributed by atoms with van der Waals surface area (Å²) in [6.45, 7) is 1.38. The molecule has 1 aliphatic heterocycles. The van der Waals surface area contributed by atoms with Crippen LogP contribution in [0.1, 0.15) is 37.5 Å². The zero-order chi connectivity index (χ0) is 16.7. The van der Waals surface area contributed by atoms with Gasteiger partial charge in [-0.05, 0) is 37.8 Å². The summed E-state index contributed by atoms with van der Waals surface area (Å²) in [5.74, 6) is 0.543. The number of halogens is 2. The Morgan fingerprint density at radius 3 is 2.96 bits per heavy atom. The minimum absolute atomic E-state index is 0.00458. The third-order valence-corrected chi connectivity index (χ3v) is 4.94. The summed E-state index contributed by atoms with van der Waals surface area (Å²) in [6, 6.07) is 4.69. The molecular weight excluding hydrogens is 333 g/mol. The number of carbonyl (C=O) groups is 1. The average molecular weight is 350 g/mol. The van der Waals surface area contributed by atoms with Crippen LogP contribution in [0.2, 0.25) is 5.02 Å². The van der Waals surface area contributed by atoms with Crippen LogP contribution in [-0.2, 0) is 4.79 Å². The van der Waals surface area contributed by atoms with E-state index < -0.39 is 5.82 Å². The fraction of sp³-hybridized carbons (Fsp3) is 0.471. The SMILES string of the molecule is O=C(C1CC1)N1CCC[C@@H](c2nc(-c3cccc(Cl)c3F)no2)C1. The molecule has 1 aromatic carbocycles. The number of benzene rings is 1. The minimum atomic E-state index is -0.555. The van der Waals surface area contributed by atoms with Gasteiger partial charge >= 0.3 is 0 Å². The first kappa shape index (κ1) is 15.6. The molecule has 2 fully saturated rings. The van der Waals surface area contributed by atoms with Crippen LogP contribution in [0.25, 0.3) is 11.4 Å². The number of amides is 1. The fourth-order valence-corrected chi connectivity index (χ4v) is 3.33. The molecule has 2 heterocycles. The highest BCUT2D eigenvalue weighted by atomic mass is 35.5. The molecule has 0 radical (unpaired) electrons. The van der Waals surface area contributed by atoms with Crippen LogP contribution >= 0.6 is 11.6 Å². The predicted octanol–water partition coefficient (Wildman–Crippen LogP) is 3.65. The Bertz CT molecular complexity index is 775. The number of aromatic nitrogens is 2. The second-order valence-electron chi connectivity index (χ2n) is 6.46. The molecule has 1 aliphatic carbocycles. The summed E-state index contributed by atoms with van der Waals surface area (Å²) < 4.78 is 19.4. The molecule has 0 bridgehead atoms. The number of piperidine rings is 1. The van der Waals surface area contributed by atoms with E-state index in [0.717, 1.165) is 32.2 Å². The van der Waals surface area contributed by atoms with E-state index >= 15 is 0 Å². The van der Waals surface area contributed by atoms with Crippen LogP contribution in [0.4, 0.5) is 4.39 Å². The minimum Gasteiger partial charge on any atom is -0.342 e. The second-order valence-corrected chi connectivity index (χ2v) is 6.86. The Morgan fingerprint density at radius 2 is 2.17 bits per heavy atom. The standard InChI is InChI=1S/C17H17ClFN3O2/c18-13-5-1-4-12(14(13)19)15-20-16(24-21-15)11-3-2-8-22(9-11)17(23)10-6-7-10/h1,4-5,10-11H,2-3,6-9H2/t11-/m1/s1. The van der Waals surface area contributed by atoms with Gasteiger partial charge in [0, 0.05) is 19.0 Å². The van der Waals surface area contributed by atoms with Gasteiger partial charge in [0.1, 0.15) is 0 Å². The normalized spacial score (nSPS) is 21.1. The number of carbonyl (C=O) groups excluding carboxylic acids is 1. The topological polar surface area (TPSA) is 59.2 Å². The van der Waals surface area contributed by atoms with Gasteiger partial charge in [-0.25, -0.2) is 4.39 Å². The number of nitrogens with zero attached hydrogens (tertiary/aromatic N) is 3. The first-order valence-electron chi connectivity index (χ1n) is 8.20. The average Bonchev–Trinajstić information content (AvgIpc) is 3.34. The Labute approximate surface area is 143 Å². The highest BCUT2D eigenvalue weighted by Crippen LogP contribution is 2.34. The van der Waals surface area contributed by atoms with Crippen molar-refractivity contribution in [2.45, 2.75) is 31.6 Å². The lowest BCUT2D eigenvalue weighted by molar-refractivity contribution is -0.133. The number of rotatable bonds is 3. The molecule has 126 valence electrons. The van der Waals surface area contributed by atoms with Crippen molar-refractivity contribution in [3.63, 3.8) is 0 Å². The second kappa shape index (κ2) is 6.16. The first-order valence-corrected chi connectivity index (χ1v) is 8.58. The quantitative estimate of drug-likeness (QED) is 0.848. The van der Waals surface area contributed by atoms with E-state index in [0.29, 0.717) is 12.4 Å². The lowest BCUT2D eigenvalue weighted by Gasteiger charge is -2.31. The molecule has 1 amide bonds. The van der Waals surface area contributed by atoms with Crippen molar-refractivity contribution in [2.75, 3.05) is 13.1 Å². The highest BCUT2D eigenvalue weighted by molar-refractivity contribution is 6.31. The molecule has 1 saturated heterocycles. The molecule has 4 rings (SSSR count). The maximum atomic E-state index is 14.1. The van der Waals surface area contributed by atoms with Gasteiger partial charge in [-0.2, -0.15) is 4.98 Å². The van der Waals surface area contributed by atoms with Gasteiger partial charge < -0.3 is 9.42 Å². The van der Waals surface area contributed by atoms with Crippen LogP contribution in [0.5, 0.6) is 0 Å². The summed E-state index contributed by atoms with van der Waals surface area (Å²) >= 11 is 5.80. The van der Waals surface area contributed by atoms with Gasteiger partial charge in [0.2, 0.25) is 17.6 Å². The lowest BCUT2D eigenvalue weighted by Crippen LogP contribution is -2.40. The van der Waals surface area contributed by atoms with Crippen LogP contribution in [0.3, 0.4) is 0 Å². The molecule has 1 aromatic heterocycles. The summed E-state index contributed by atoms with van der Waals surface area (Å²) in [5, 5.41) is 3.92.